The smallest absolute Gasteiger partial charge is 0.253 e. The quantitative estimate of drug-likeness (QED) is 0.497. The van der Waals surface area contributed by atoms with Crippen molar-refractivity contribution in [2.45, 2.75) is 57.5 Å². The summed E-state index contributed by atoms with van der Waals surface area (Å²) in [7, 11) is 0. The normalized spacial score (nSPS) is 21.2. The molecule has 2 aliphatic heterocycles. The molecule has 0 spiro atoms. The molecule has 3 fully saturated rings. The van der Waals surface area contributed by atoms with Crippen molar-refractivity contribution in [3.8, 4) is 10.7 Å². The van der Waals surface area contributed by atoms with E-state index in [1.807, 2.05) is 19.3 Å². The van der Waals surface area contributed by atoms with Gasteiger partial charge in [-0.05, 0) is 64.0 Å². The van der Waals surface area contributed by atoms with Crippen LogP contribution in [-0.2, 0) is 0 Å². The lowest BCUT2D eigenvalue weighted by Gasteiger charge is -2.35. The molecular formula is C26H34N8OS. The number of anilines is 2. The summed E-state index contributed by atoms with van der Waals surface area (Å²) in [5.41, 5.74) is 1.72. The molecule has 36 heavy (non-hydrogen) atoms. The number of piperidine rings is 1. The first-order chi connectivity index (χ1) is 17.6. The second-order valence-corrected chi connectivity index (χ2v) is 11.4. The zero-order valence-corrected chi connectivity index (χ0v) is 21.7. The average Bonchev–Trinajstić information content (AvgIpc) is 3.35. The van der Waals surface area contributed by atoms with Gasteiger partial charge in [0, 0.05) is 50.2 Å². The second-order valence-electron chi connectivity index (χ2n) is 10.3. The zero-order chi connectivity index (χ0) is 24.5. The van der Waals surface area contributed by atoms with Crippen LogP contribution in [0.2, 0.25) is 0 Å². The Hall–Kier alpha value is -2.85. The van der Waals surface area contributed by atoms with Gasteiger partial charge in [-0.2, -0.15) is 0 Å². The van der Waals surface area contributed by atoms with E-state index >= 15 is 0 Å². The maximum Gasteiger partial charge on any atom is 0.253 e. The van der Waals surface area contributed by atoms with Crippen molar-refractivity contribution in [1.29, 1.82) is 0 Å². The van der Waals surface area contributed by atoms with Crippen LogP contribution in [0.4, 0.5) is 11.5 Å². The van der Waals surface area contributed by atoms with Gasteiger partial charge in [0.05, 0.1) is 18.4 Å². The Balaban J connectivity index is 1.15. The van der Waals surface area contributed by atoms with Crippen molar-refractivity contribution in [2.75, 3.05) is 42.5 Å². The SMILES string of the molecule is CC(c1nnc(-c2cncc(N3CCCC3)n2)s1)n1ccc(N2CCC[C@@H](NCC3CC3)C2)cc1=O. The van der Waals surface area contributed by atoms with Gasteiger partial charge in [0.15, 0.2) is 5.01 Å². The van der Waals surface area contributed by atoms with Crippen LogP contribution in [0.25, 0.3) is 10.7 Å². The molecule has 10 heteroatoms. The summed E-state index contributed by atoms with van der Waals surface area (Å²) < 4.78 is 1.74. The Morgan fingerprint density at radius 2 is 1.92 bits per heavy atom. The van der Waals surface area contributed by atoms with Crippen LogP contribution in [0.1, 0.15) is 56.5 Å². The summed E-state index contributed by atoms with van der Waals surface area (Å²) in [4.78, 5) is 26.9. The molecule has 5 heterocycles. The van der Waals surface area contributed by atoms with Gasteiger partial charge in [0.25, 0.3) is 5.56 Å². The highest BCUT2D eigenvalue weighted by atomic mass is 32.1. The number of rotatable bonds is 8. The molecule has 2 saturated heterocycles. The van der Waals surface area contributed by atoms with Crippen LogP contribution in [0.15, 0.2) is 35.5 Å². The molecule has 3 aromatic heterocycles. The lowest BCUT2D eigenvalue weighted by atomic mass is 10.0. The monoisotopic (exact) mass is 506 g/mol. The fourth-order valence-corrected chi connectivity index (χ4v) is 6.06. The lowest BCUT2D eigenvalue weighted by Crippen LogP contribution is -2.46. The third-order valence-corrected chi connectivity index (χ3v) is 8.71. The first kappa shape index (κ1) is 23.5. The van der Waals surface area contributed by atoms with Gasteiger partial charge < -0.3 is 19.7 Å². The van der Waals surface area contributed by atoms with Gasteiger partial charge in [-0.15, -0.1) is 10.2 Å². The third-order valence-electron chi connectivity index (χ3n) is 7.60. The highest BCUT2D eigenvalue weighted by molar-refractivity contribution is 7.14. The number of aromatic nitrogens is 5. The fraction of sp³-hybridized carbons (Fsp3) is 0.577. The zero-order valence-electron chi connectivity index (χ0n) is 20.8. The van der Waals surface area contributed by atoms with Crippen LogP contribution >= 0.6 is 11.3 Å². The Labute approximate surface area is 215 Å². The van der Waals surface area contributed by atoms with E-state index in [0.29, 0.717) is 6.04 Å². The minimum atomic E-state index is -0.207. The number of nitrogens with one attached hydrogen (secondary N) is 1. The summed E-state index contributed by atoms with van der Waals surface area (Å²) in [6.07, 6.45) is 12.9. The Morgan fingerprint density at radius 1 is 1.08 bits per heavy atom. The lowest BCUT2D eigenvalue weighted by molar-refractivity contribution is 0.416. The predicted molar refractivity (Wildman–Crippen MR) is 143 cm³/mol. The Morgan fingerprint density at radius 3 is 2.72 bits per heavy atom. The van der Waals surface area contributed by atoms with Crippen molar-refractivity contribution < 1.29 is 0 Å². The van der Waals surface area contributed by atoms with Crippen LogP contribution in [0.5, 0.6) is 0 Å². The standard InChI is InChI=1S/C26H34N8OS/c1-18(25-30-31-26(36-25)22-15-27-16-23(29-22)32-9-2-3-10-32)34-12-8-21(13-24(34)35)33-11-4-5-20(17-33)28-14-19-6-7-19/h8,12-13,15-16,18-20,28H,2-7,9-11,14,17H2,1H3/t18?,20-/m1/s1. The number of hydrogen-bond acceptors (Lipinski definition) is 9. The molecule has 6 rings (SSSR count). The van der Waals surface area contributed by atoms with Gasteiger partial charge in [-0.3, -0.25) is 9.78 Å². The van der Waals surface area contributed by atoms with Gasteiger partial charge >= 0.3 is 0 Å². The maximum absolute atomic E-state index is 13.1. The Bertz CT molecular complexity index is 1250. The van der Waals surface area contributed by atoms with Crippen molar-refractivity contribution in [1.82, 2.24) is 30.0 Å². The number of pyridine rings is 1. The molecule has 3 aliphatic rings. The second kappa shape index (κ2) is 10.3. The summed E-state index contributed by atoms with van der Waals surface area (Å²) in [5.74, 6) is 1.78. The molecule has 1 aliphatic carbocycles. The molecule has 0 radical (unpaired) electrons. The van der Waals surface area contributed by atoms with E-state index in [4.69, 9.17) is 4.98 Å². The van der Waals surface area contributed by atoms with Crippen LogP contribution in [-0.4, -0.2) is 63.5 Å². The van der Waals surface area contributed by atoms with Crippen LogP contribution in [0, 0.1) is 5.92 Å². The predicted octanol–water partition coefficient (Wildman–Crippen LogP) is 3.33. The molecule has 1 unspecified atom stereocenters. The molecule has 9 nitrogen and oxygen atoms in total. The molecule has 0 bridgehead atoms. The molecule has 2 atom stereocenters. The molecule has 3 aromatic rings. The van der Waals surface area contributed by atoms with Gasteiger partial charge in [0.1, 0.15) is 16.5 Å². The minimum Gasteiger partial charge on any atom is -0.370 e. The minimum absolute atomic E-state index is 0.0133. The van der Waals surface area contributed by atoms with Crippen molar-refractivity contribution in [3.05, 3.63) is 46.1 Å². The first-order valence-corrected chi connectivity index (χ1v) is 14.1. The third kappa shape index (κ3) is 5.15. The molecule has 1 saturated carbocycles. The Kier molecular flexibility index (Phi) is 6.71. The first-order valence-electron chi connectivity index (χ1n) is 13.3. The average molecular weight is 507 g/mol. The van der Waals surface area contributed by atoms with Crippen molar-refractivity contribution in [3.63, 3.8) is 0 Å². The maximum atomic E-state index is 13.1. The number of hydrogen-bond donors (Lipinski definition) is 1. The molecule has 190 valence electrons. The van der Waals surface area contributed by atoms with E-state index in [2.05, 4.69) is 36.4 Å². The van der Waals surface area contributed by atoms with Crippen LogP contribution in [0.3, 0.4) is 0 Å². The molecule has 1 N–H and O–H groups in total. The van der Waals surface area contributed by atoms with Crippen molar-refractivity contribution >= 4 is 22.8 Å². The van der Waals surface area contributed by atoms with Crippen LogP contribution < -0.4 is 20.7 Å². The molecule has 0 amide bonds. The number of nitrogens with zero attached hydrogens (tertiary/aromatic N) is 7. The molecule has 0 aromatic carbocycles. The largest absolute Gasteiger partial charge is 0.370 e. The highest BCUT2D eigenvalue weighted by Gasteiger charge is 2.25. The van der Waals surface area contributed by atoms with E-state index in [-0.39, 0.29) is 11.6 Å². The summed E-state index contributed by atoms with van der Waals surface area (Å²) in [5, 5.41) is 14.0. The fourth-order valence-electron chi connectivity index (χ4n) is 5.21. The van der Waals surface area contributed by atoms with E-state index < -0.39 is 0 Å². The van der Waals surface area contributed by atoms with E-state index in [0.717, 1.165) is 72.3 Å². The molecular weight excluding hydrogens is 472 g/mol. The van der Waals surface area contributed by atoms with Gasteiger partial charge in [-0.25, -0.2) is 4.98 Å². The van der Waals surface area contributed by atoms with Gasteiger partial charge in [-0.1, -0.05) is 11.3 Å². The van der Waals surface area contributed by atoms with E-state index in [1.165, 1.54) is 43.4 Å². The highest BCUT2D eigenvalue weighted by Crippen LogP contribution is 2.30. The summed E-state index contributed by atoms with van der Waals surface area (Å²) >= 11 is 1.47. The van der Waals surface area contributed by atoms with E-state index in [1.54, 1.807) is 16.8 Å². The summed E-state index contributed by atoms with van der Waals surface area (Å²) in [6.45, 7) is 7.13. The summed E-state index contributed by atoms with van der Waals surface area (Å²) in [6, 6.07) is 4.13. The van der Waals surface area contributed by atoms with Crippen molar-refractivity contribution in [2.24, 2.45) is 5.92 Å². The van der Waals surface area contributed by atoms with Gasteiger partial charge in [0.2, 0.25) is 0 Å². The topological polar surface area (TPSA) is 92.1 Å². The van der Waals surface area contributed by atoms with E-state index in [9.17, 15) is 4.79 Å².